The molecule has 19 heavy (non-hydrogen) atoms. The summed E-state index contributed by atoms with van der Waals surface area (Å²) in [6, 6.07) is 3.16. The number of hydrogen-bond donors (Lipinski definition) is 2. The van der Waals surface area contributed by atoms with Gasteiger partial charge in [-0.1, -0.05) is 6.92 Å². The van der Waals surface area contributed by atoms with Crippen LogP contribution in [0.25, 0.3) is 0 Å². The van der Waals surface area contributed by atoms with Crippen LogP contribution in [0.3, 0.4) is 0 Å². The summed E-state index contributed by atoms with van der Waals surface area (Å²) in [6.07, 6.45) is 2.25. The Balaban J connectivity index is 2.37. The number of piperidine rings is 1. The van der Waals surface area contributed by atoms with Gasteiger partial charge in [0.15, 0.2) is 0 Å². The van der Waals surface area contributed by atoms with Crippen LogP contribution in [0.5, 0.6) is 0 Å². The fourth-order valence-corrected chi connectivity index (χ4v) is 2.49. The summed E-state index contributed by atoms with van der Waals surface area (Å²) in [4.78, 5) is 17.0. The normalized spacial score (nSPS) is 23.2. The van der Waals surface area contributed by atoms with Gasteiger partial charge in [0.2, 0.25) is 0 Å². The second-order valence-electron chi connectivity index (χ2n) is 5.02. The highest BCUT2D eigenvalue weighted by molar-refractivity contribution is 5.56. The molecule has 0 saturated carbocycles. The van der Waals surface area contributed by atoms with Crippen molar-refractivity contribution in [3.05, 3.63) is 22.2 Å². The Bertz CT molecular complexity index is 479. The van der Waals surface area contributed by atoms with Crippen molar-refractivity contribution in [3.63, 3.8) is 0 Å². The zero-order valence-corrected chi connectivity index (χ0v) is 11.2. The first-order chi connectivity index (χ1) is 9.02. The van der Waals surface area contributed by atoms with Crippen LogP contribution in [-0.4, -0.2) is 22.5 Å². The third-order valence-electron chi connectivity index (χ3n) is 3.82. The minimum atomic E-state index is -0.427. The molecule has 2 heterocycles. The van der Waals surface area contributed by atoms with Gasteiger partial charge in [0, 0.05) is 12.6 Å². The van der Waals surface area contributed by atoms with Crippen molar-refractivity contribution >= 4 is 17.3 Å². The van der Waals surface area contributed by atoms with E-state index in [4.69, 9.17) is 5.84 Å². The van der Waals surface area contributed by atoms with Crippen molar-refractivity contribution in [2.45, 2.75) is 32.7 Å². The maximum atomic E-state index is 10.9. The summed E-state index contributed by atoms with van der Waals surface area (Å²) in [7, 11) is 0. The van der Waals surface area contributed by atoms with Crippen molar-refractivity contribution in [3.8, 4) is 0 Å². The lowest BCUT2D eigenvalue weighted by atomic mass is 9.92. The first-order valence-corrected chi connectivity index (χ1v) is 6.42. The van der Waals surface area contributed by atoms with Crippen LogP contribution in [0, 0.1) is 16.0 Å². The number of hydrazine groups is 1. The monoisotopic (exact) mass is 265 g/mol. The quantitative estimate of drug-likeness (QED) is 0.492. The zero-order chi connectivity index (χ0) is 14.0. The minimum absolute atomic E-state index is 0.00313. The number of nitro groups is 1. The van der Waals surface area contributed by atoms with E-state index in [2.05, 4.69) is 29.2 Å². The van der Waals surface area contributed by atoms with Gasteiger partial charge in [-0.15, -0.1) is 0 Å². The predicted octanol–water partition coefficient (Wildman–Crippen LogP) is 1.90. The Hall–Kier alpha value is -1.89. The Morgan fingerprint density at radius 2 is 2.26 bits per heavy atom. The first kappa shape index (κ1) is 13.5. The van der Waals surface area contributed by atoms with E-state index >= 15 is 0 Å². The SMILES string of the molecule is CC1CCCN(c2cc([N+](=O)[O-])cc(NN)n2)C1C. The van der Waals surface area contributed by atoms with Crippen molar-refractivity contribution in [2.24, 2.45) is 11.8 Å². The fourth-order valence-electron chi connectivity index (χ4n) is 2.49. The van der Waals surface area contributed by atoms with Gasteiger partial charge in [0.25, 0.3) is 5.69 Å². The molecule has 2 atom stereocenters. The highest BCUT2D eigenvalue weighted by Crippen LogP contribution is 2.30. The van der Waals surface area contributed by atoms with Gasteiger partial charge in [-0.2, -0.15) is 0 Å². The topological polar surface area (TPSA) is 97.3 Å². The molecule has 1 aromatic heterocycles. The average molecular weight is 265 g/mol. The molecule has 0 spiro atoms. The lowest BCUT2D eigenvalue weighted by molar-refractivity contribution is -0.384. The van der Waals surface area contributed by atoms with Crippen LogP contribution in [0.15, 0.2) is 12.1 Å². The number of nitrogens with one attached hydrogen (secondary N) is 1. The van der Waals surface area contributed by atoms with E-state index in [9.17, 15) is 10.1 Å². The van der Waals surface area contributed by atoms with Crippen molar-refractivity contribution < 1.29 is 4.92 Å². The van der Waals surface area contributed by atoms with E-state index in [1.165, 1.54) is 18.6 Å². The number of nitrogens with two attached hydrogens (primary N) is 1. The molecular weight excluding hydrogens is 246 g/mol. The molecule has 1 aliphatic rings. The van der Waals surface area contributed by atoms with E-state index in [0.29, 0.717) is 23.6 Å². The van der Waals surface area contributed by atoms with Crippen LogP contribution >= 0.6 is 0 Å². The summed E-state index contributed by atoms with van der Waals surface area (Å²) < 4.78 is 0. The number of nitrogen functional groups attached to an aromatic ring is 1. The van der Waals surface area contributed by atoms with E-state index in [0.717, 1.165) is 13.0 Å². The Morgan fingerprint density at radius 3 is 2.89 bits per heavy atom. The first-order valence-electron chi connectivity index (χ1n) is 6.42. The lowest BCUT2D eigenvalue weighted by Crippen LogP contribution is -2.43. The molecule has 1 fully saturated rings. The molecule has 0 aliphatic carbocycles. The smallest absolute Gasteiger partial charge is 0.276 e. The second-order valence-corrected chi connectivity index (χ2v) is 5.02. The number of aromatic nitrogens is 1. The summed E-state index contributed by atoms with van der Waals surface area (Å²) >= 11 is 0. The van der Waals surface area contributed by atoms with E-state index < -0.39 is 4.92 Å². The molecule has 7 nitrogen and oxygen atoms in total. The largest absolute Gasteiger partial charge is 0.353 e. The van der Waals surface area contributed by atoms with E-state index in [1.807, 2.05) is 0 Å². The number of nitrogens with zero attached hydrogens (tertiary/aromatic N) is 3. The van der Waals surface area contributed by atoms with Crippen molar-refractivity contribution in [2.75, 3.05) is 16.9 Å². The van der Waals surface area contributed by atoms with Gasteiger partial charge >= 0.3 is 0 Å². The van der Waals surface area contributed by atoms with Crippen LogP contribution < -0.4 is 16.2 Å². The van der Waals surface area contributed by atoms with Crippen molar-refractivity contribution in [1.82, 2.24) is 4.98 Å². The highest BCUT2D eigenvalue weighted by Gasteiger charge is 2.27. The third kappa shape index (κ3) is 2.76. The maximum Gasteiger partial charge on any atom is 0.276 e. The van der Waals surface area contributed by atoms with Crippen LogP contribution in [0.2, 0.25) is 0 Å². The molecule has 7 heteroatoms. The molecule has 0 amide bonds. The van der Waals surface area contributed by atoms with E-state index in [1.54, 1.807) is 0 Å². The zero-order valence-electron chi connectivity index (χ0n) is 11.2. The van der Waals surface area contributed by atoms with Gasteiger partial charge in [-0.25, -0.2) is 10.8 Å². The molecule has 0 radical (unpaired) electrons. The maximum absolute atomic E-state index is 10.9. The molecule has 3 N–H and O–H groups in total. The Kier molecular flexibility index (Phi) is 3.84. The van der Waals surface area contributed by atoms with Gasteiger partial charge in [-0.05, 0) is 25.7 Å². The van der Waals surface area contributed by atoms with Gasteiger partial charge in [-0.3, -0.25) is 10.1 Å². The van der Waals surface area contributed by atoms with Crippen molar-refractivity contribution in [1.29, 1.82) is 0 Å². The van der Waals surface area contributed by atoms with Crippen LogP contribution in [-0.2, 0) is 0 Å². The fraction of sp³-hybridized carbons (Fsp3) is 0.583. The number of pyridine rings is 1. The molecule has 2 unspecified atom stereocenters. The average Bonchev–Trinajstić information content (AvgIpc) is 2.41. The third-order valence-corrected chi connectivity index (χ3v) is 3.82. The number of hydrogen-bond acceptors (Lipinski definition) is 6. The molecule has 1 saturated heterocycles. The van der Waals surface area contributed by atoms with Gasteiger partial charge in [0.1, 0.15) is 11.6 Å². The minimum Gasteiger partial charge on any atom is -0.353 e. The highest BCUT2D eigenvalue weighted by atomic mass is 16.6. The van der Waals surface area contributed by atoms with Crippen LogP contribution in [0.1, 0.15) is 26.7 Å². The lowest BCUT2D eigenvalue weighted by Gasteiger charge is -2.38. The molecular formula is C12H19N5O2. The summed E-state index contributed by atoms with van der Waals surface area (Å²) in [5.41, 5.74) is 2.39. The summed E-state index contributed by atoms with van der Waals surface area (Å²) in [5, 5.41) is 10.9. The Labute approximate surface area is 111 Å². The second kappa shape index (κ2) is 5.40. The van der Waals surface area contributed by atoms with Gasteiger partial charge < -0.3 is 10.3 Å². The summed E-state index contributed by atoms with van der Waals surface area (Å²) in [5.74, 6) is 6.80. The molecule has 0 aromatic carbocycles. The molecule has 1 aliphatic heterocycles. The standard InChI is InChI=1S/C12H19N5O2/c1-8-4-3-5-16(9(8)2)12-7-10(17(18)19)6-11(14-12)15-13/h6-9H,3-5,13H2,1-2H3,(H,14,15). The number of anilines is 2. The summed E-state index contributed by atoms with van der Waals surface area (Å²) in [6.45, 7) is 5.18. The molecule has 2 rings (SSSR count). The van der Waals surface area contributed by atoms with Crippen LogP contribution in [0.4, 0.5) is 17.3 Å². The molecule has 104 valence electrons. The molecule has 0 bridgehead atoms. The van der Waals surface area contributed by atoms with E-state index in [-0.39, 0.29) is 5.69 Å². The number of rotatable bonds is 3. The Morgan fingerprint density at radius 1 is 1.53 bits per heavy atom. The molecule has 1 aromatic rings. The van der Waals surface area contributed by atoms with Gasteiger partial charge in [0.05, 0.1) is 17.1 Å². The predicted molar refractivity (Wildman–Crippen MR) is 73.9 cm³/mol.